The zero-order valence-electron chi connectivity index (χ0n) is 8.10. The third kappa shape index (κ3) is 2.43. The highest BCUT2D eigenvalue weighted by Gasteiger charge is 2.15. The fraction of sp³-hybridized carbons (Fsp3) is 0.0909. The lowest BCUT2D eigenvalue weighted by Crippen LogP contribution is -2.07. The van der Waals surface area contributed by atoms with Gasteiger partial charge >= 0.3 is 11.9 Å². The molecular weight excluding hydrogens is 196 g/mol. The summed E-state index contributed by atoms with van der Waals surface area (Å²) in [5, 5.41) is 17.6. The molecule has 0 aliphatic heterocycles. The largest absolute Gasteiger partial charge is 0.478 e. The van der Waals surface area contributed by atoms with Crippen LogP contribution >= 0.6 is 0 Å². The van der Waals surface area contributed by atoms with Gasteiger partial charge in [-0.1, -0.05) is 18.2 Å². The molecule has 78 valence electrons. The highest BCUT2D eigenvalue weighted by Crippen LogP contribution is 2.13. The summed E-state index contributed by atoms with van der Waals surface area (Å²) >= 11 is 0. The fourth-order valence-electron chi connectivity index (χ4n) is 1.22. The van der Waals surface area contributed by atoms with Gasteiger partial charge in [-0.05, 0) is 24.6 Å². The summed E-state index contributed by atoms with van der Waals surface area (Å²) in [6, 6.07) is 4.20. The van der Waals surface area contributed by atoms with Crippen molar-refractivity contribution in [1.82, 2.24) is 0 Å². The van der Waals surface area contributed by atoms with Crippen LogP contribution in [0.25, 0.3) is 6.08 Å². The average molecular weight is 206 g/mol. The SMILES string of the molecule is C/C=C/c1ccc(C(=O)O)c(C(=O)O)c1. The quantitative estimate of drug-likeness (QED) is 0.794. The van der Waals surface area contributed by atoms with E-state index < -0.39 is 11.9 Å². The van der Waals surface area contributed by atoms with Gasteiger partial charge in [-0.15, -0.1) is 0 Å². The average Bonchev–Trinajstić information content (AvgIpc) is 2.17. The van der Waals surface area contributed by atoms with E-state index in [0.717, 1.165) is 0 Å². The first-order valence-electron chi connectivity index (χ1n) is 4.29. The van der Waals surface area contributed by atoms with Gasteiger partial charge in [0, 0.05) is 0 Å². The number of aromatic carboxylic acids is 2. The maximum atomic E-state index is 10.8. The molecule has 1 aromatic carbocycles. The molecule has 0 bridgehead atoms. The van der Waals surface area contributed by atoms with Crippen LogP contribution in [0.4, 0.5) is 0 Å². The molecular formula is C11H10O4. The molecule has 0 aliphatic carbocycles. The molecule has 0 saturated heterocycles. The predicted molar refractivity (Wildman–Crippen MR) is 55.1 cm³/mol. The van der Waals surface area contributed by atoms with Crippen molar-refractivity contribution in [3.05, 3.63) is 41.0 Å². The Morgan fingerprint density at radius 1 is 1.13 bits per heavy atom. The first-order valence-corrected chi connectivity index (χ1v) is 4.29. The molecule has 4 nitrogen and oxygen atoms in total. The van der Waals surface area contributed by atoms with Crippen molar-refractivity contribution in [3.63, 3.8) is 0 Å². The molecule has 0 aromatic heterocycles. The van der Waals surface area contributed by atoms with E-state index in [1.807, 2.05) is 0 Å². The van der Waals surface area contributed by atoms with Crippen LogP contribution < -0.4 is 0 Å². The smallest absolute Gasteiger partial charge is 0.336 e. The third-order valence-corrected chi connectivity index (χ3v) is 1.86. The molecule has 0 saturated carbocycles. The van der Waals surface area contributed by atoms with Crippen molar-refractivity contribution in [2.45, 2.75) is 6.92 Å². The lowest BCUT2D eigenvalue weighted by atomic mass is 10.0. The van der Waals surface area contributed by atoms with Gasteiger partial charge in [0.1, 0.15) is 0 Å². The van der Waals surface area contributed by atoms with Gasteiger partial charge in [0.15, 0.2) is 0 Å². The molecule has 0 heterocycles. The second kappa shape index (κ2) is 4.41. The number of carbonyl (C=O) groups is 2. The summed E-state index contributed by atoms with van der Waals surface area (Å²) in [5.41, 5.74) is 0.272. The minimum Gasteiger partial charge on any atom is -0.478 e. The standard InChI is InChI=1S/C11H10O4/c1-2-3-7-4-5-8(10(12)13)9(6-7)11(14)15/h2-6H,1H3,(H,12,13)(H,14,15)/b3-2+. The molecule has 0 atom stereocenters. The van der Waals surface area contributed by atoms with E-state index in [1.165, 1.54) is 12.1 Å². The van der Waals surface area contributed by atoms with Gasteiger partial charge in [0.05, 0.1) is 11.1 Å². The Hall–Kier alpha value is -2.10. The van der Waals surface area contributed by atoms with Crippen molar-refractivity contribution in [1.29, 1.82) is 0 Å². The van der Waals surface area contributed by atoms with Crippen LogP contribution in [-0.4, -0.2) is 22.2 Å². The zero-order chi connectivity index (χ0) is 11.4. The van der Waals surface area contributed by atoms with Crippen molar-refractivity contribution in [2.75, 3.05) is 0 Å². The highest BCUT2D eigenvalue weighted by molar-refractivity contribution is 6.02. The lowest BCUT2D eigenvalue weighted by molar-refractivity contribution is 0.0651. The van der Waals surface area contributed by atoms with E-state index in [9.17, 15) is 9.59 Å². The van der Waals surface area contributed by atoms with E-state index >= 15 is 0 Å². The molecule has 0 spiro atoms. The zero-order valence-corrected chi connectivity index (χ0v) is 8.10. The summed E-state index contributed by atoms with van der Waals surface area (Å²) in [6.07, 6.45) is 3.46. The van der Waals surface area contributed by atoms with Crippen LogP contribution in [0.5, 0.6) is 0 Å². The Kier molecular flexibility index (Phi) is 3.23. The van der Waals surface area contributed by atoms with Crippen molar-refractivity contribution in [2.24, 2.45) is 0 Å². The van der Waals surface area contributed by atoms with Gasteiger partial charge in [-0.25, -0.2) is 9.59 Å². The van der Waals surface area contributed by atoms with Crippen LogP contribution in [0.2, 0.25) is 0 Å². The molecule has 1 aromatic rings. The number of carboxylic acid groups (broad SMARTS) is 2. The van der Waals surface area contributed by atoms with E-state index in [1.54, 1.807) is 25.1 Å². The third-order valence-electron chi connectivity index (χ3n) is 1.86. The summed E-state index contributed by atoms with van der Waals surface area (Å²) in [6.45, 7) is 1.80. The summed E-state index contributed by atoms with van der Waals surface area (Å²) in [5.74, 6) is -2.47. The first kappa shape index (κ1) is 11.0. The Morgan fingerprint density at radius 2 is 1.73 bits per heavy atom. The summed E-state index contributed by atoms with van der Waals surface area (Å²) < 4.78 is 0. The number of carboxylic acids is 2. The Labute approximate surface area is 86.5 Å². The maximum Gasteiger partial charge on any atom is 0.336 e. The second-order valence-electron chi connectivity index (χ2n) is 2.92. The van der Waals surface area contributed by atoms with Crippen molar-refractivity contribution >= 4 is 18.0 Å². The lowest BCUT2D eigenvalue weighted by Gasteiger charge is -2.02. The van der Waals surface area contributed by atoms with Crippen LogP contribution in [-0.2, 0) is 0 Å². The summed E-state index contributed by atoms with van der Waals surface area (Å²) in [7, 11) is 0. The van der Waals surface area contributed by atoms with Crippen molar-refractivity contribution < 1.29 is 19.8 Å². The van der Waals surface area contributed by atoms with Crippen LogP contribution in [0.15, 0.2) is 24.3 Å². The molecule has 15 heavy (non-hydrogen) atoms. The molecule has 0 fully saturated rings. The number of allylic oxidation sites excluding steroid dienone is 1. The van der Waals surface area contributed by atoms with Crippen LogP contribution in [0, 0.1) is 0 Å². The van der Waals surface area contributed by atoms with Crippen LogP contribution in [0.1, 0.15) is 33.2 Å². The maximum absolute atomic E-state index is 10.8. The minimum absolute atomic E-state index is 0.196. The van der Waals surface area contributed by atoms with Gasteiger partial charge in [0.25, 0.3) is 0 Å². The fourth-order valence-corrected chi connectivity index (χ4v) is 1.22. The molecule has 4 heteroatoms. The molecule has 0 unspecified atom stereocenters. The Balaban J connectivity index is 3.33. The molecule has 2 N–H and O–H groups in total. The molecule has 0 amide bonds. The van der Waals surface area contributed by atoms with E-state index in [4.69, 9.17) is 10.2 Å². The molecule has 0 aliphatic rings. The Morgan fingerprint density at radius 3 is 2.20 bits per heavy atom. The molecule has 1 rings (SSSR count). The van der Waals surface area contributed by atoms with Gasteiger partial charge in [-0.3, -0.25) is 0 Å². The number of hydrogen-bond donors (Lipinski definition) is 2. The Bertz CT molecular complexity index is 432. The molecule has 0 radical (unpaired) electrons. The van der Waals surface area contributed by atoms with E-state index in [-0.39, 0.29) is 11.1 Å². The number of rotatable bonds is 3. The summed E-state index contributed by atoms with van der Waals surface area (Å²) in [4.78, 5) is 21.5. The monoisotopic (exact) mass is 206 g/mol. The normalized spacial score (nSPS) is 10.5. The van der Waals surface area contributed by atoms with Gasteiger partial charge in [0.2, 0.25) is 0 Å². The first-order chi connectivity index (χ1) is 7.06. The van der Waals surface area contributed by atoms with Gasteiger partial charge < -0.3 is 10.2 Å². The minimum atomic E-state index is -1.24. The van der Waals surface area contributed by atoms with Gasteiger partial charge in [-0.2, -0.15) is 0 Å². The predicted octanol–water partition coefficient (Wildman–Crippen LogP) is 2.12. The second-order valence-corrected chi connectivity index (χ2v) is 2.92. The number of hydrogen-bond acceptors (Lipinski definition) is 2. The van der Waals surface area contributed by atoms with E-state index in [2.05, 4.69) is 0 Å². The highest BCUT2D eigenvalue weighted by atomic mass is 16.4. The topological polar surface area (TPSA) is 74.6 Å². The number of benzene rings is 1. The van der Waals surface area contributed by atoms with Crippen LogP contribution in [0.3, 0.4) is 0 Å². The van der Waals surface area contributed by atoms with Crippen molar-refractivity contribution in [3.8, 4) is 0 Å². The van der Waals surface area contributed by atoms with E-state index in [0.29, 0.717) is 5.56 Å².